The molecule has 1 aromatic carbocycles. The molecule has 0 radical (unpaired) electrons. The van der Waals surface area contributed by atoms with Crippen LogP contribution in [0.1, 0.15) is 30.7 Å². The number of ether oxygens (including phenoxy) is 1. The van der Waals surface area contributed by atoms with E-state index >= 15 is 0 Å². The number of hydrogen-bond acceptors (Lipinski definition) is 3. The molecule has 0 fully saturated rings. The zero-order chi connectivity index (χ0) is 17.2. The number of halogens is 1. The minimum absolute atomic E-state index is 0. The second-order valence-electron chi connectivity index (χ2n) is 5.58. The van der Waals surface area contributed by atoms with Gasteiger partial charge in [-0.2, -0.15) is 5.10 Å². The Bertz CT molecular complexity index is 629. The van der Waals surface area contributed by atoms with Crippen LogP contribution < -0.4 is 10.6 Å². The van der Waals surface area contributed by atoms with Crippen LogP contribution in [-0.2, 0) is 18.3 Å². The van der Waals surface area contributed by atoms with Crippen molar-refractivity contribution in [3.63, 3.8) is 0 Å². The molecule has 0 saturated carbocycles. The van der Waals surface area contributed by atoms with E-state index in [-0.39, 0.29) is 30.1 Å². The summed E-state index contributed by atoms with van der Waals surface area (Å²) < 4.78 is 7.71. The van der Waals surface area contributed by atoms with Gasteiger partial charge < -0.3 is 15.4 Å². The van der Waals surface area contributed by atoms with Crippen LogP contribution in [0, 0.1) is 0 Å². The first-order valence-electron chi connectivity index (χ1n) is 8.28. The molecular formula is C18H28IN5O. The SMILES string of the molecule is CN=C(NCCCOC(C)c1ccccc1)NCc1ccnn1C.I. The summed E-state index contributed by atoms with van der Waals surface area (Å²) in [5.41, 5.74) is 2.32. The Labute approximate surface area is 167 Å². The number of nitrogens with zero attached hydrogens (tertiary/aromatic N) is 3. The Morgan fingerprint density at radius 2 is 2.00 bits per heavy atom. The third-order valence-electron chi connectivity index (χ3n) is 3.83. The van der Waals surface area contributed by atoms with Gasteiger partial charge in [0.05, 0.1) is 18.3 Å². The van der Waals surface area contributed by atoms with E-state index < -0.39 is 0 Å². The molecule has 1 unspecified atom stereocenters. The quantitative estimate of drug-likeness (QED) is 0.277. The van der Waals surface area contributed by atoms with Crippen LogP contribution in [0.3, 0.4) is 0 Å². The summed E-state index contributed by atoms with van der Waals surface area (Å²) in [6.07, 6.45) is 2.83. The number of guanidine groups is 1. The first-order valence-corrected chi connectivity index (χ1v) is 8.28. The maximum absolute atomic E-state index is 5.87. The van der Waals surface area contributed by atoms with Gasteiger partial charge in [0.25, 0.3) is 0 Å². The van der Waals surface area contributed by atoms with Crippen molar-refractivity contribution in [2.24, 2.45) is 12.0 Å². The van der Waals surface area contributed by atoms with Gasteiger partial charge in [-0.3, -0.25) is 9.67 Å². The van der Waals surface area contributed by atoms with Crippen molar-refractivity contribution in [3.8, 4) is 0 Å². The summed E-state index contributed by atoms with van der Waals surface area (Å²) in [5.74, 6) is 0.785. The molecule has 0 saturated heterocycles. The van der Waals surface area contributed by atoms with Crippen molar-refractivity contribution in [2.75, 3.05) is 20.2 Å². The molecule has 138 valence electrons. The maximum atomic E-state index is 5.87. The normalized spacial score (nSPS) is 12.4. The smallest absolute Gasteiger partial charge is 0.191 e. The Kier molecular flexibility index (Phi) is 10.2. The van der Waals surface area contributed by atoms with E-state index in [4.69, 9.17) is 4.74 Å². The largest absolute Gasteiger partial charge is 0.374 e. The number of nitrogens with one attached hydrogen (secondary N) is 2. The maximum Gasteiger partial charge on any atom is 0.191 e. The van der Waals surface area contributed by atoms with Gasteiger partial charge in [-0.15, -0.1) is 24.0 Å². The predicted molar refractivity (Wildman–Crippen MR) is 112 cm³/mol. The lowest BCUT2D eigenvalue weighted by Gasteiger charge is -2.15. The summed E-state index contributed by atoms with van der Waals surface area (Å²) in [6, 6.07) is 12.3. The predicted octanol–water partition coefficient (Wildman–Crippen LogP) is 2.87. The van der Waals surface area contributed by atoms with E-state index in [2.05, 4.69) is 39.8 Å². The number of aromatic nitrogens is 2. The summed E-state index contributed by atoms with van der Waals surface area (Å²) in [7, 11) is 3.70. The van der Waals surface area contributed by atoms with Crippen LogP contribution in [0.15, 0.2) is 47.6 Å². The molecule has 0 aliphatic carbocycles. The highest BCUT2D eigenvalue weighted by molar-refractivity contribution is 14.0. The number of rotatable bonds is 8. The van der Waals surface area contributed by atoms with Crippen molar-refractivity contribution >= 4 is 29.9 Å². The summed E-state index contributed by atoms with van der Waals surface area (Å²) in [5, 5.41) is 10.7. The molecule has 1 aromatic heterocycles. The van der Waals surface area contributed by atoms with E-state index in [1.165, 1.54) is 5.56 Å². The van der Waals surface area contributed by atoms with E-state index in [1.807, 2.05) is 36.0 Å². The molecule has 1 atom stereocenters. The fourth-order valence-electron chi connectivity index (χ4n) is 2.33. The van der Waals surface area contributed by atoms with Crippen LogP contribution in [0.4, 0.5) is 0 Å². The van der Waals surface area contributed by atoms with Crippen LogP contribution in [0.2, 0.25) is 0 Å². The minimum atomic E-state index is 0. The molecule has 0 aliphatic rings. The van der Waals surface area contributed by atoms with Crippen LogP contribution >= 0.6 is 24.0 Å². The molecular weight excluding hydrogens is 429 g/mol. The molecule has 0 spiro atoms. The molecule has 25 heavy (non-hydrogen) atoms. The lowest BCUT2D eigenvalue weighted by molar-refractivity contribution is 0.0646. The Balaban J connectivity index is 0.00000312. The van der Waals surface area contributed by atoms with Crippen molar-refractivity contribution in [3.05, 3.63) is 53.9 Å². The second kappa shape index (κ2) is 11.9. The van der Waals surface area contributed by atoms with Crippen molar-refractivity contribution in [2.45, 2.75) is 26.0 Å². The van der Waals surface area contributed by atoms with Gasteiger partial charge in [-0.05, 0) is 25.0 Å². The Morgan fingerprint density at radius 1 is 1.24 bits per heavy atom. The van der Waals surface area contributed by atoms with Gasteiger partial charge in [0.15, 0.2) is 5.96 Å². The monoisotopic (exact) mass is 457 g/mol. The van der Waals surface area contributed by atoms with Gasteiger partial charge >= 0.3 is 0 Å². The number of benzene rings is 1. The van der Waals surface area contributed by atoms with E-state index in [0.717, 1.165) is 24.6 Å². The lowest BCUT2D eigenvalue weighted by atomic mass is 10.1. The van der Waals surface area contributed by atoms with E-state index in [9.17, 15) is 0 Å². The van der Waals surface area contributed by atoms with Gasteiger partial charge in [0, 0.05) is 33.4 Å². The molecule has 0 aliphatic heterocycles. The highest BCUT2D eigenvalue weighted by atomic mass is 127. The van der Waals surface area contributed by atoms with E-state index in [0.29, 0.717) is 13.2 Å². The van der Waals surface area contributed by atoms with Crippen LogP contribution in [0.5, 0.6) is 0 Å². The van der Waals surface area contributed by atoms with Crippen LogP contribution in [0.25, 0.3) is 0 Å². The number of aryl methyl sites for hydroxylation is 1. The molecule has 7 heteroatoms. The summed E-state index contributed by atoms with van der Waals surface area (Å²) in [6.45, 7) is 4.29. The summed E-state index contributed by atoms with van der Waals surface area (Å²) >= 11 is 0. The standard InChI is InChI=1S/C18H27N5O.HI/c1-15(16-8-5-4-6-9-16)24-13-7-11-20-18(19-2)21-14-17-10-12-22-23(17)3;/h4-6,8-10,12,15H,7,11,13-14H2,1-3H3,(H2,19,20,21);1H. The van der Waals surface area contributed by atoms with Crippen molar-refractivity contribution in [1.29, 1.82) is 0 Å². The third-order valence-corrected chi connectivity index (χ3v) is 3.83. The first kappa shape index (κ1) is 21.4. The molecule has 2 rings (SSSR count). The zero-order valence-corrected chi connectivity index (χ0v) is 17.4. The minimum Gasteiger partial charge on any atom is -0.374 e. The fourth-order valence-corrected chi connectivity index (χ4v) is 2.33. The second-order valence-corrected chi connectivity index (χ2v) is 5.58. The van der Waals surface area contributed by atoms with Gasteiger partial charge in [-0.1, -0.05) is 30.3 Å². The molecule has 0 amide bonds. The molecule has 6 nitrogen and oxygen atoms in total. The first-order chi connectivity index (χ1) is 11.7. The van der Waals surface area contributed by atoms with Gasteiger partial charge in [-0.25, -0.2) is 0 Å². The fraction of sp³-hybridized carbons (Fsp3) is 0.444. The summed E-state index contributed by atoms with van der Waals surface area (Å²) in [4.78, 5) is 4.22. The average Bonchev–Trinajstić information content (AvgIpc) is 3.03. The average molecular weight is 457 g/mol. The highest BCUT2D eigenvalue weighted by Crippen LogP contribution is 2.15. The Morgan fingerprint density at radius 3 is 2.64 bits per heavy atom. The highest BCUT2D eigenvalue weighted by Gasteiger charge is 2.05. The zero-order valence-electron chi connectivity index (χ0n) is 15.1. The number of aliphatic imine (C=N–C) groups is 1. The van der Waals surface area contributed by atoms with Crippen LogP contribution in [-0.4, -0.2) is 35.9 Å². The van der Waals surface area contributed by atoms with Gasteiger partial charge in [0.2, 0.25) is 0 Å². The molecule has 2 N–H and O–H groups in total. The van der Waals surface area contributed by atoms with Gasteiger partial charge in [0.1, 0.15) is 0 Å². The molecule has 2 aromatic rings. The molecule has 1 heterocycles. The van der Waals surface area contributed by atoms with E-state index in [1.54, 1.807) is 13.2 Å². The lowest BCUT2D eigenvalue weighted by Crippen LogP contribution is -2.38. The van der Waals surface area contributed by atoms with Crippen molar-refractivity contribution in [1.82, 2.24) is 20.4 Å². The Hall–Kier alpha value is -1.61. The topological polar surface area (TPSA) is 63.5 Å². The number of hydrogen-bond donors (Lipinski definition) is 2. The van der Waals surface area contributed by atoms with Crippen molar-refractivity contribution < 1.29 is 4.74 Å². The molecule has 0 bridgehead atoms. The third kappa shape index (κ3) is 7.43.